The summed E-state index contributed by atoms with van der Waals surface area (Å²) in [5.41, 5.74) is 5.79. The molecule has 4 heteroatoms. The van der Waals surface area contributed by atoms with Crippen molar-refractivity contribution in [2.75, 3.05) is 7.11 Å². The lowest BCUT2D eigenvalue weighted by Gasteiger charge is -2.40. The fraction of sp³-hybridized carbons (Fsp3) is 0.333. The van der Waals surface area contributed by atoms with Crippen LogP contribution in [0.15, 0.2) is 60.7 Å². The zero-order chi connectivity index (χ0) is 24.3. The predicted molar refractivity (Wildman–Crippen MR) is 134 cm³/mol. The predicted octanol–water partition coefficient (Wildman–Crippen LogP) is 6.98. The van der Waals surface area contributed by atoms with E-state index in [1.807, 2.05) is 12.1 Å². The number of carbonyl (C=O) groups excluding carboxylic acids is 2. The van der Waals surface area contributed by atoms with Crippen LogP contribution in [0, 0.1) is 13.8 Å². The van der Waals surface area contributed by atoms with Crippen molar-refractivity contribution in [3.05, 3.63) is 94.0 Å². The average Bonchev–Trinajstić information content (AvgIpc) is 2.84. The first-order valence-electron chi connectivity index (χ1n) is 11.9. The zero-order valence-electron chi connectivity index (χ0n) is 20.4. The first-order chi connectivity index (χ1) is 16.3. The molecule has 0 saturated heterocycles. The molecule has 0 radical (unpaired) electrons. The van der Waals surface area contributed by atoms with Gasteiger partial charge in [-0.2, -0.15) is 0 Å². The Hall–Kier alpha value is -3.40. The lowest BCUT2D eigenvalue weighted by atomic mass is 9.63. The summed E-state index contributed by atoms with van der Waals surface area (Å²) in [5, 5.41) is 0. The van der Waals surface area contributed by atoms with E-state index in [9.17, 15) is 9.59 Å². The van der Waals surface area contributed by atoms with Crippen LogP contribution in [0.3, 0.4) is 0 Å². The number of rotatable bonds is 6. The summed E-state index contributed by atoms with van der Waals surface area (Å²) in [4.78, 5) is 24.4. The molecular formula is C30H32O4. The number of carbonyl (C=O) groups is 2. The molecule has 0 atom stereocenters. The Kier molecular flexibility index (Phi) is 6.87. The van der Waals surface area contributed by atoms with Gasteiger partial charge < -0.3 is 9.47 Å². The quantitative estimate of drug-likeness (QED) is 0.228. The van der Waals surface area contributed by atoms with E-state index in [1.165, 1.54) is 42.9 Å². The van der Waals surface area contributed by atoms with Crippen LogP contribution in [-0.4, -0.2) is 18.9 Å². The minimum absolute atomic E-state index is 0.0585. The van der Waals surface area contributed by atoms with Crippen LogP contribution in [0.1, 0.15) is 82.0 Å². The van der Waals surface area contributed by atoms with Gasteiger partial charge in [0, 0.05) is 11.0 Å². The molecule has 0 unspecified atom stereocenters. The minimum atomic E-state index is -0.464. The molecule has 0 amide bonds. The number of benzene rings is 3. The van der Waals surface area contributed by atoms with Gasteiger partial charge in [-0.25, -0.2) is 4.79 Å². The standard InChI is InChI=1S/C30H32O4/c1-20-17-25(33-4)11-13-27(20)30(15-6-5-7-16-30)28-14-12-26(18-21(28)2)34-29(32)24-10-8-9-23(19-24)22(3)31/h8-14,17-19H,5-7,15-16H2,1-4H3. The van der Waals surface area contributed by atoms with E-state index in [-0.39, 0.29) is 11.2 Å². The SMILES string of the molecule is COc1ccc(C2(c3ccc(OC(=O)c4cccc(C(C)=O)c4)cc3C)CCCCC2)c(C)c1. The van der Waals surface area contributed by atoms with Crippen LogP contribution < -0.4 is 9.47 Å². The second-order valence-corrected chi connectivity index (χ2v) is 9.33. The van der Waals surface area contributed by atoms with E-state index >= 15 is 0 Å². The molecule has 0 spiro atoms. The van der Waals surface area contributed by atoms with Crippen molar-refractivity contribution in [1.29, 1.82) is 0 Å². The Morgan fingerprint density at radius 3 is 1.94 bits per heavy atom. The molecule has 1 saturated carbocycles. The Morgan fingerprint density at radius 2 is 1.35 bits per heavy atom. The Labute approximate surface area is 201 Å². The molecule has 0 bridgehead atoms. The maximum absolute atomic E-state index is 12.7. The molecule has 0 aromatic heterocycles. The van der Waals surface area contributed by atoms with Gasteiger partial charge in [-0.1, -0.05) is 43.5 Å². The van der Waals surface area contributed by atoms with Gasteiger partial charge in [0.25, 0.3) is 0 Å². The number of ketones is 1. The van der Waals surface area contributed by atoms with Gasteiger partial charge in [-0.15, -0.1) is 0 Å². The number of Topliss-reactive ketones (excluding diaryl/α,β-unsaturated/α-hetero) is 1. The van der Waals surface area contributed by atoms with Gasteiger partial charge in [0.05, 0.1) is 12.7 Å². The fourth-order valence-electron chi connectivity index (χ4n) is 5.41. The molecular weight excluding hydrogens is 424 g/mol. The monoisotopic (exact) mass is 456 g/mol. The molecule has 4 rings (SSSR count). The van der Waals surface area contributed by atoms with Crippen molar-refractivity contribution in [2.45, 2.75) is 58.3 Å². The fourth-order valence-corrected chi connectivity index (χ4v) is 5.41. The second kappa shape index (κ2) is 9.84. The molecule has 4 nitrogen and oxygen atoms in total. The first-order valence-corrected chi connectivity index (χ1v) is 11.9. The summed E-state index contributed by atoms with van der Waals surface area (Å²) >= 11 is 0. The lowest BCUT2D eigenvalue weighted by molar-refractivity contribution is 0.0734. The first kappa shape index (κ1) is 23.7. The van der Waals surface area contributed by atoms with Gasteiger partial charge in [0.15, 0.2) is 5.78 Å². The summed E-state index contributed by atoms with van der Waals surface area (Å²) in [6.45, 7) is 5.74. The maximum atomic E-state index is 12.7. The van der Waals surface area contributed by atoms with E-state index < -0.39 is 5.97 Å². The highest BCUT2D eigenvalue weighted by Crippen LogP contribution is 2.48. The van der Waals surface area contributed by atoms with Gasteiger partial charge >= 0.3 is 5.97 Å². The molecule has 0 N–H and O–H groups in total. The molecule has 0 aliphatic heterocycles. The molecule has 1 fully saturated rings. The molecule has 3 aromatic carbocycles. The molecule has 3 aromatic rings. The number of hydrogen-bond acceptors (Lipinski definition) is 4. The number of ether oxygens (including phenoxy) is 2. The third-order valence-electron chi connectivity index (χ3n) is 7.09. The van der Waals surface area contributed by atoms with E-state index in [0.717, 1.165) is 24.2 Å². The van der Waals surface area contributed by atoms with E-state index in [1.54, 1.807) is 31.4 Å². The molecule has 34 heavy (non-hydrogen) atoms. The Bertz CT molecular complexity index is 1220. The largest absolute Gasteiger partial charge is 0.497 e. The summed E-state index contributed by atoms with van der Waals surface area (Å²) in [7, 11) is 1.70. The van der Waals surface area contributed by atoms with E-state index in [2.05, 4.69) is 38.1 Å². The van der Waals surface area contributed by atoms with E-state index in [4.69, 9.17) is 9.47 Å². The van der Waals surface area contributed by atoms with Crippen molar-refractivity contribution >= 4 is 11.8 Å². The summed E-state index contributed by atoms with van der Waals surface area (Å²) in [6.07, 6.45) is 5.82. The number of hydrogen-bond donors (Lipinski definition) is 0. The number of esters is 1. The third-order valence-corrected chi connectivity index (χ3v) is 7.09. The Balaban J connectivity index is 1.66. The Morgan fingerprint density at radius 1 is 0.765 bits per heavy atom. The van der Waals surface area contributed by atoms with Crippen molar-refractivity contribution in [3.8, 4) is 11.5 Å². The minimum Gasteiger partial charge on any atom is -0.497 e. The van der Waals surface area contributed by atoms with E-state index in [0.29, 0.717) is 16.9 Å². The van der Waals surface area contributed by atoms with Crippen molar-refractivity contribution in [1.82, 2.24) is 0 Å². The van der Waals surface area contributed by atoms with Crippen LogP contribution in [0.4, 0.5) is 0 Å². The third kappa shape index (κ3) is 4.63. The lowest BCUT2D eigenvalue weighted by Crippen LogP contribution is -2.32. The summed E-state index contributed by atoms with van der Waals surface area (Å²) in [6, 6.07) is 19.0. The van der Waals surface area contributed by atoms with Gasteiger partial charge in [-0.3, -0.25) is 4.79 Å². The topological polar surface area (TPSA) is 52.6 Å². The van der Waals surface area contributed by atoms with Crippen molar-refractivity contribution in [3.63, 3.8) is 0 Å². The van der Waals surface area contributed by atoms with Gasteiger partial charge in [0.2, 0.25) is 0 Å². The highest BCUT2D eigenvalue weighted by molar-refractivity contribution is 5.98. The number of methoxy groups -OCH3 is 1. The molecule has 1 aliphatic rings. The van der Waals surface area contributed by atoms with Crippen molar-refractivity contribution < 1.29 is 19.1 Å². The summed E-state index contributed by atoms with van der Waals surface area (Å²) in [5.74, 6) is 0.840. The van der Waals surface area contributed by atoms with Crippen LogP contribution in [0.5, 0.6) is 11.5 Å². The zero-order valence-corrected chi connectivity index (χ0v) is 20.4. The van der Waals surface area contributed by atoms with Crippen LogP contribution >= 0.6 is 0 Å². The van der Waals surface area contributed by atoms with Crippen LogP contribution in [-0.2, 0) is 5.41 Å². The van der Waals surface area contributed by atoms with Crippen LogP contribution in [0.2, 0.25) is 0 Å². The highest BCUT2D eigenvalue weighted by Gasteiger charge is 2.38. The normalized spacial score (nSPS) is 14.9. The molecule has 176 valence electrons. The number of aryl methyl sites for hydroxylation is 2. The smallest absolute Gasteiger partial charge is 0.343 e. The average molecular weight is 457 g/mol. The molecule has 1 aliphatic carbocycles. The van der Waals surface area contributed by atoms with Crippen LogP contribution in [0.25, 0.3) is 0 Å². The summed E-state index contributed by atoms with van der Waals surface area (Å²) < 4.78 is 11.1. The maximum Gasteiger partial charge on any atom is 0.343 e. The van der Waals surface area contributed by atoms with Gasteiger partial charge in [-0.05, 0) is 92.3 Å². The van der Waals surface area contributed by atoms with Crippen molar-refractivity contribution in [2.24, 2.45) is 0 Å². The highest BCUT2D eigenvalue weighted by atomic mass is 16.5. The molecule has 0 heterocycles. The second-order valence-electron chi connectivity index (χ2n) is 9.33. The van der Waals surface area contributed by atoms with Gasteiger partial charge in [0.1, 0.15) is 11.5 Å².